The maximum Gasteiger partial charge on any atom is 0.319 e. The molecule has 0 fully saturated rings. The average molecular weight is 361 g/mol. The maximum atomic E-state index is 12.0. The van der Waals surface area contributed by atoms with Gasteiger partial charge < -0.3 is 10.6 Å². The van der Waals surface area contributed by atoms with E-state index in [1.807, 2.05) is 0 Å². The molecule has 3 N–H and O–H groups in total. The van der Waals surface area contributed by atoms with Crippen LogP contribution in [-0.4, -0.2) is 27.3 Å². The Balaban J connectivity index is 2.00. The molecule has 0 spiro atoms. The molecule has 0 atom stereocenters. The lowest BCUT2D eigenvalue weighted by molar-refractivity contribution is 0.101. The minimum absolute atomic E-state index is 0.0911. The summed E-state index contributed by atoms with van der Waals surface area (Å²) in [5, 5.41) is 5.27. The van der Waals surface area contributed by atoms with Gasteiger partial charge in [-0.25, -0.2) is 17.9 Å². The van der Waals surface area contributed by atoms with Crippen molar-refractivity contribution in [3.63, 3.8) is 0 Å². The Morgan fingerprint density at radius 3 is 2.44 bits per heavy atom. The van der Waals surface area contributed by atoms with E-state index in [-0.39, 0.29) is 17.2 Å². The summed E-state index contributed by atoms with van der Waals surface area (Å²) in [6.07, 6.45) is 0. The zero-order valence-corrected chi connectivity index (χ0v) is 14.7. The van der Waals surface area contributed by atoms with E-state index < -0.39 is 16.1 Å². The molecule has 0 saturated carbocycles. The van der Waals surface area contributed by atoms with Gasteiger partial charge in [-0.2, -0.15) is 0 Å². The number of carbonyl (C=O) groups is 2. The first-order valence-electron chi connectivity index (χ1n) is 7.50. The molecule has 2 amide bonds. The smallest absolute Gasteiger partial charge is 0.319 e. The van der Waals surface area contributed by atoms with Gasteiger partial charge in [0.1, 0.15) is 0 Å². The standard InChI is InChI=1S/C17H19N3O4S/c1-12(21)14-6-4-7-15(10-14)20-17(22)19-11-13-5-3-8-16(9-13)25(23,24)18-2/h3-10,18H,11H2,1-2H3,(H2,19,20,22). The lowest BCUT2D eigenvalue weighted by Gasteiger charge is -2.09. The van der Waals surface area contributed by atoms with Crippen molar-refractivity contribution in [3.05, 3.63) is 59.7 Å². The fourth-order valence-electron chi connectivity index (χ4n) is 2.11. The predicted octanol–water partition coefficient (Wildman–Crippen LogP) is 2.12. The van der Waals surface area contributed by atoms with E-state index in [1.165, 1.54) is 26.1 Å². The second-order valence-electron chi connectivity index (χ2n) is 5.30. The summed E-state index contributed by atoms with van der Waals surface area (Å²) in [4.78, 5) is 23.4. The van der Waals surface area contributed by atoms with Crippen LogP contribution in [-0.2, 0) is 16.6 Å². The number of hydrogen-bond donors (Lipinski definition) is 3. The van der Waals surface area contributed by atoms with Crippen molar-refractivity contribution in [2.75, 3.05) is 12.4 Å². The van der Waals surface area contributed by atoms with Crippen molar-refractivity contribution < 1.29 is 18.0 Å². The minimum atomic E-state index is -3.53. The Kier molecular flexibility index (Phi) is 5.89. The molecule has 0 saturated heterocycles. The molecule has 2 aromatic rings. The summed E-state index contributed by atoms with van der Waals surface area (Å²) in [6, 6.07) is 12.4. The van der Waals surface area contributed by atoms with Crippen LogP contribution in [0.25, 0.3) is 0 Å². The third-order valence-electron chi connectivity index (χ3n) is 3.46. The number of urea groups is 1. The average Bonchev–Trinajstić information content (AvgIpc) is 2.60. The van der Waals surface area contributed by atoms with Crippen LogP contribution < -0.4 is 15.4 Å². The molecule has 0 radical (unpaired) electrons. The Morgan fingerprint density at radius 2 is 1.76 bits per heavy atom. The molecule has 132 valence electrons. The van der Waals surface area contributed by atoms with Gasteiger partial charge in [0.2, 0.25) is 10.0 Å². The highest BCUT2D eigenvalue weighted by Gasteiger charge is 2.11. The molecule has 0 bridgehead atoms. The van der Waals surface area contributed by atoms with E-state index in [4.69, 9.17) is 0 Å². The van der Waals surface area contributed by atoms with Crippen LogP contribution in [0.2, 0.25) is 0 Å². The molecular formula is C17H19N3O4S. The Bertz CT molecular complexity index is 894. The number of anilines is 1. The number of amides is 2. The molecule has 0 aliphatic carbocycles. The van der Waals surface area contributed by atoms with E-state index in [0.717, 1.165) is 0 Å². The number of benzene rings is 2. The van der Waals surface area contributed by atoms with Gasteiger partial charge in [0.15, 0.2) is 5.78 Å². The highest BCUT2D eigenvalue weighted by Crippen LogP contribution is 2.12. The number of Topliss-reactive ketones (excluding diaryl/α,β-unsaturated/α-hetero) is 1. The molecule has 25 heavy (non-hydrogen) atoms. The van der Waals surface area contributed by atoms with Crippen molar-refractivity contribution in [1.82, 2.24) is 10.0 Å². The van der Waals surface area contributed by atoms with E-state index in [0.29, 0.717) is 16.8 Å². The quantitative estimate of drug-likeness (QED) is 0.686. The van der Waals surface area contributed by atoms with Crippen LogP contribution in [0.15, 0.2) is 53.4 Å². The monoisotopic (exact) mass is 361 g/mol. The van der Waals surface area contributed by atoms with Crippen molar-refractivity contribution in [3.8, 4) is 0 Å². The lowest BCUT2D eigenvalue weighted by atomic mass is 10.1. The van der Waals surface area contributed by atoms with Crippen LogP contribution in [0.5, 0.6) is 0 Å². The first kappa shape index (κ1) is 18.6. The van der Waals surface area contributed by atoms with Gasteiger partial charge in [0.05, 0.1) is 4.90 Å². The van der Waals surface area contributed by atoms with Crippen LogP contribution in [0.3, 0.4) is 0 Å². The summed E-state index contributed by atoms with van der Waals surface area (Å²) in [5.74, 6) is -0.0911. The van der Waals surface area contributed by atoms with Gasteiger partial charge in [-0.15, -0.1) is 0 Å². The Hall–Kier alpha value is -2.71. The number of ketones is 1. The summed E-state index contributed by atoms with van der Waals surface area (Å²) in [6.45, 7) is 1.61. The summed E-state index contributed by atoms with van der Waals surface area (Å²) < 4.78 is 25.8. The largest absolute Gasteiger partial charge is 0.334 e. The SMILES string of the molecule is CNS(=O)(=O)c1cccc(CNC(=O)Nc2cccc(C(C)=O)c2)c1. The molecular weight excluding hydrogens is 342 g/mol. The van der Waals surface area contributed by atoms with Gasteiger partial charge in [-0.05, 0) is 43.8 Å². The van der Waals surface area contributed by atoms with E-state index >= 15 is 0 Å². The Morgan fingerprint density at radius 1 is 1.04 bits per heavy atom. The predicted molar refractivity (Wildman–Crippen MR) is 95.0 cm³/mol. The summed E-state index contributed by atoms with van der Waals surface area (Å²) in [7, 11) is -2.19. The fraction of sp³-hybridized carbons (Fsp3) is 0.176. The first-order chi connectivity index (χ1) is 11.8. The van der Waals surface area contributed by atoms with E-state index in [2.05, 4.69) is 15.4 Å². The Labute approximate surface area is 146 Å². The number of hydrogen-bond acceptors (Lipinski definition) is 4. The summed E-state index contributed by atoms with van der Waals surface area (Å²) >= 11 is 0. The van der Waals surface area contributed by atoms with Crippen LogP contribution in [0, 0.1) is 0 Å². The number of carbonyl (C=O) groups excluding carboxylic acids is 2. The maximum absolute atomic E-state index is 12.0. The number of sulfonamides is 1. The van der Waals surface area contributed by atoms with Gasteiger partial charge in [0.25, 0.3) is 0 Å². The second kappa shape index (κ2) is 7.91. The van der Waals surface area contributed by atoms with Gasteiger partial charge in [-0.3, -0.25) is 4.79 Å². The molecule has 2 aromatic carbocycles. The molecule has 0 unspecified atom stereocenters. The van der Waals surface area contributed by atoms with Crippen molar-refractivity contribution in [2.45, 2.75) is 18.4 Å². The third-order valence-corrected chi connectivity index (χ3v) is 4.87. The zero-order valence-electron chi connectivity index (χ0n) is 13.9. The molecule has 0 heterocycles. The highest BCUT2D eigenvalue weighted by molar-refractivity contribution is 7.89. The second-order valence-corrected chi connectivity index (χ2v) is 7.19. The minimum Gasteiger partial charge on any atom is -0.334 e. The molecule has 0 aromatic heterocycles. The topological polar surface area (TPSA) is 104 Å². The van der Waals surface area contributed by atoms with Crippen LogP contribution in [0.4, 0.5) is 10.5 Å². The van der Waals surface area contributed by atoms with Crippen LogP contribution in [0.1, 0.15) is 22.8 Å². The molecule has 0 aliphatic heterocycles. The van der Waals surface area contributed by atoms with E-state index in [9.17, 15) is 18.0 Å². The third kappa shape index (κ3) is 5.13. The highest BCUT2D eigenvalue weighted by atomic mass is 32.2. The zero-order chi connectivity index (χ0) is 18.4. The molecule has 7 nitrogen and oxygen atoms in total. The van der Waals surface area contributed by atoms with Gasteiger partial charge in [-0.1, -0.05) is 24.3 Å². The normalized spacial score (nSPS) is 11.0. The molecule has 0 aliphatic rings. The molecule has 2 rings (SSSR count). The van der Waals surface area contributed by atoms with Gasteiger partial charge >= 0.3 is 6.03 Å². The lowest BCUT2D eigenvalue weighted by Crippen LogP contribution is -2.28. The van der Waals surface area contributed by atoms with Crippen molar-refractivity contribution in [2.24, 2.45) is 0 Å². The number of rotatable bonds is 6. The van der Waals surface area contributed by atoms with Crippen molar-refractivity contribution >= 4 is 27.5 Å². The number of nitrogens with one attached hydrogen (secondary N) is 3. The van der Waals surface area contributed by atoms with Crippen molar-refractivity contribution in [1.29, 1.82) is 0 Å². The van der Waals surface area contributed by atoms with Crippen LogP contribution >= 0.6 is 0 Å². The van der Waals surface area contributed by atoms with Gasteiger partial charge in [0, 0.05) is 17.8 Å². The van der Waals surface area contributed by atoms with E-state index in [1.54, 1.807) is 36.4 Å². The summed E-state index contributed by atoms with van der Waals surface area (Å²) in [5.41, 5.74) is 1.64. The fourth-order valence-corrected chi connectivity index (χ4v) is 2.91. The molecule has 8 heteroatoms. The first-order valence-corrected chi connectivity index (χ1v) is 8.98.